The molecule has 0 aromatic heterocycles. The Morgan fingerprint density at radius 1 is 1.56 bits per heavy atom. The molecule has 16 heavy (non-hydrogen) atoms. The van der Waals surface area contributed by atoms with Crippen LogP contribution in [-0.4, -0.2) is 34.8 Å². The fourth-order valence-electron chi connectivity index (χ4n) is 1.83. The Morgan fingerprint density at radius 2 is 2.19 bits per heavy atom. The number of carbonyl (C=O) groups excluding carboxylic acids is 2. The second-order valence-corrected chi connectivity index (χ2v) is 4.43. The number of hydrogen-bond acceptors (Lipinski definition) is 2. The summed E-state index contributed by atoms with van der Waals surface area (Å²) >= 11 is 0. The molecular weight excluding hydrogens is 204 g/mol. The molecule has 2 amide bonds. The highest BCUT2D eigenvalue weighted by atomic mass is 16.2. The van der Waals surface area contributed by atoms with E-state index in [0.29, 0.717) is 19.4 Å². The normalized spacial score (nSPS) is 30.2. The second-order valence-electron chi connectivity index (χ2n) is 4.43. The maximum Gasteiger partial charge on any atom is 0.248 e. The minimum atomic E-state index is -0.745. The van der Waals surface area contributed by atoms with Gasteiger partial charge in [0.15, 0.2) is 0 Å². The molecule has 0 saturated carbocycles. The van der Waals surface area contributed by atoms with E-state index in [1.807, 2.05) is 6.92 Å². The molecule has 90 valence electrons. The van der Waals surface area contributed by atoms with E-state index in [1.165, 1.54) is 0 Å². The van der Waals surface area contributed by atoms with E-state index in [4.69, 9.17) is 0 Å². The van der Waals surface area contributed by atoms with E-state index in [9.17, 15) is 9.59 Å². The molecule has 1 saturated heterocycles. The van der Waals surface area contributed by atoms with Crippen molar-refractivity contribution in [1.82, 2.24) is 10.2 Å². The molecule has 2 atom stereocenters. The highest BCUT2D eigenvalue weighted by molar-refractivity contribution is 5.99. The van der Waals surface area contributed by atoms with Crippen molar-refractivity contribution in [2.75, 3.05) is 6.54 Å². The Balaban J connectivity index is 2.90. The number of hydrogen-bond donors (Lipinski definition) is 1. The van der Waals surface area contributed by atoms with Crippen LogP contribution in [0.5, 0.6) is 0 Å². The second kappa shape index (κ2) is 4.68. The van der Waals surface area contributed by atoms with Gasteiger partial charge >= 0.3 is 0 Å². The first kappa shape index (κ1) is 12.7. The van der Waals surface area contributed by atoms with Crippen LogP contribution < -0.4 is 5.32 Å². The molecule has 1 aliphatic rings. The number of carbonyl (C=O) groups is 2. The van der Waals surface area contributed by atoms with Gasteiger partial charge in [0, 0.05) is 6.54 Å². The maximum absolute atomic E-state index is 12.2. The number of nitrogens with one attached hydrogen (secondary N) is 1. The van der Waals surface area contributed by atoms with E-state index in [-0.39, 0.29) is 17.9 Å². The number of nitrogens with zero attached hydrogens (tertiary/aromatic N) is 1. The number of rotatable bonds is 4. The van der Waals surface area contributed by atoms with Crippen molar-refractivity contribution in [1.29, 1.82) is 0 Å². The van der Waals surface area contributed by atoms with Gasteiger partial charge in [0.25, 0.3) is 0 Å². The van der Waals surface area contributed by atoms with Gasteiger partial charge in [-0.3, -0.25) is 9.59 Å². The van der Waals surface area contributed by atoms with E-state index in [0.717, 1.165) is 0 Å². The summed E-state index contributed by atoms with van der Waals surface area (Å²) in [5.74, 6) is -0.0723. The van der Waals surface area contributed by atoms with Crippen LogP contribution in [0.3, 0.4) is 0 Å². The first-order chi connectivity index (χ1) is 7.46. The molecule has 2 unspecified atom stereocenters. The van der Waals surface area contributed by atoms with Gasteiger partial charge in [-0.1, -0.05) is 13.0 Å². The summed E-state index contributed by atoms with van der Waals surface area (Å²) in [6.07, 6.45) is 3.08. The van der Waals surface area contributed by atoms with Gasteiger partial charge in [-0.05, 0) is 26.7 Å². The Morgan fingerprint density at radius 3 is 2.69 bits per heavy atom. The zero-order valence-electron chi connectivity index (χ0n) is 10.2. The molecule has 0 aromatic rings. The first-order valence-corrected chi connectivity index (χ1v) is 5.70. The Labute approximate surface area is 96.7 Å². The maximum atomic E-state index is 12.2. The van der Waals surface area contributed by atoms with Gasteiger partial charge in [0.1, 0.15) is 11.6 Å². The van der Waals surface area contributed by atoms with Crippen LogP contribution >= 0.6 is 0 Å². The molecular formula is C12H20N2O2. The average molecular weight is 224 g/mol. The summed E-state index contributed by atoms with van der Waals surface area (Å²) < 4.78 is 0. The molecule has 1 fully saturated rings. The summed E-state index contributed by atoms with van der Waals surface area (Å²) in [5, 5.41) is 2.79. The summed E-state index contributed by atoms with van der Waals surface area (Å²) in [7, 11) is 0. The van der Waals surface area contributed by atoms with Gasteiger partial charge in [-0.25, -0.2) is 0 Å². The molecule has 1 N–H and O–H groups in total. The third kappa shape index (κ3) is 2.10. The SMILES string of the molecule is C=CCCN1C(=O)C(C)(CC)NC(=O)C1C. The van der Waals surface area contributed by atoms with Crippen LogP contribution in [0.1, 0.15) is 33.6 Å². The third-order valence-electron chi connectivity index (χ3n) is 3.26. The minimum absolute atomic E-state index is 0.00366. The highest BCUT2D eigenvalue weighted by Gasteiger charge is 2.44. The van der Waals surface area contributed by atoms with Crippen molar-refractivity contribution >= 4 is 11.8 Å². The molecule has 1 heterocycles. The molecule has 4 heteroatoms. The van der Waals surface area contributed by atoms with Crippen molar-refractivity contribution in [3.63, 3.8) is 0 Å². The molecule has 0 aliphatic carbocycles. The quantitative estimate of drug-likeness (QED) is 0.726. The summed E-state index contributed by atoms with van der Waals surface area (Å²) in [4.78, 5) is 25.6. The molecule has 4 nitrogen and oxygen atoms in total. The van der Waals surface area contributed by atoms with E-state index >= 15 is 0 Å². The lowest BCUT2D eigenvalue weighted by Gasteiger charge is -2.42. The largest absolute Gasteiger partial charge is 0.340 e. The Kier molecular flexibility index (Phi) is 3.73. The van der Waals surface area contributed by atoms with Gasteiger partial charge in [-0.15, -0.1) is 6.58 Å². The zero-order valence-corrected chi connectivity index (χ0v) is 10.2. The van der Waals surface area contributed by atoms with Crippen LogP contribution in [0.15, 0.2) is 12.7 Å². The lowest BCUT2D eigenvalue weighted by molar-refractivity contribution is -0.153. The predicted molar refractivity (Wildman–Crippen MR) is 62.8 cm³/mol. The molecule has 1 aliphatic heterocycles. The van der Waals surface area contributed by atoms with Gasteiger partial charge in [0.2, 0.25) is 11.8 Å². The van der Waals surface area contributed by atoms with E-state index < -0.39 is 5.54 Å². The van der Waals surface area contributed by atoms with Crippen LogP contribution in [0.4, 0.5) is 0 Å². The number of piperazine rings is 1. The summed E-state index contributed by atoms with van der Waals surface area (Å²) in [5.41, 5.74) is -0.745. The first-order valence-electron chi connectivity index (χ1n) is 5.70. The fourth-order valence-corrected chi connectivity index (χ4v) is 1.83. The van der Waals surface area contributed by atoms with Crippen LogP contribution in [0, 0.1) is 0 Å². The molecule has 0 spiro atoms. The van der Waals surface area contributed by atoms with Crippen LogP contribution in [0.25, 0.3) is 0 Å². The zero-order chi connectivity index (χ0) is 12.3. The average Bonchev–Trinajstić information content (AvgIpc) is 2.27. The Hall–Kier alpha value is -1.32. The summed E-state index contributed by atoms with van der Waals surface area (Å²) in [6, 6.07) is -0.382. The minimum Gasteiger partial charge on any atom is -0.340 e. The monoisotopic (exact) mass is 224 g/mol. The van der Waals surface area contributed by atoms with Crippen molar-refractivity contribution < 1.29 is 9.59 Å². The number of amides is 2. The highest BCUT2D eigenvalue weighted by Crippen LogP contribution is 2.21. The standard InChI is InChI=1S/C12H20N2O2/c1-5-7-8-14-9(3)10(15)13-12(4,6-2)11(14)16/h5,9H,1,6-8H2,2-4H3,(H,13,15). The van der Waals surface area contributed by atoms with Gasteiger partial charge in [-0.2, -0.15) is 0 Å². The van der Waals surface area contributed by atoms with Crippen molar-refractivity contribution in [3.05, 3.63) is 12.7 Å². The van der Waals surface area contributed by atoms with E-state index in [1.54, 1.807) is 24.8 Å². The Bertz CT molecular complexity index is 314. The van der Waals surface area contributed by atoms with Gasteiger partial charge < -0.3 is 10.2 Å². The van der Waals surface area contributed by atoms with Crippen molar-refractivity contribution in [3.8, 4) is 0 Å². The molecule has 1 rings (SSSR count). The fraction of sp³-hybridized carbons (Fsp3) is 0.667. The van der Waals surface area contributed by atoms with Crippen molar-refractivity contribution in [2.24, 2.45) is 0 Å². The lowest BCUT2D eigenvalue weighted by Crippen LogP contribution is -2.68. The van der Waals surface area contributed by atoms with Gasteiger partial charge in [0.05, 0.1) is 0 Å². The summed E-state index contributed by atoms with van der Waals surface area (Å²) in [6.45, 7) is 9.63. The smallest absolute Gasteiger partial charge is 0.248 e. The van der Waals surface area contributed by atoms with Crippen LogP contribution in [0.2, 0.25) is 0 Å². The molecule has 0 radical (unpaired) electrons. The van der Waals surface area contributed by atoms with Crippen molar-refractivity contribution in [2.45, 2.75) is 45.2 Å². The van der Waals surface area contributed by atoms with Crippen LogP contribution in [-0.2, 0) is 9.59 Å². The predicted octanol–water partition coefficient (Wildman–Crippen LogP) is 1.08. The topological polar surface area (TPSA) is 49.4 Å². The molecule has 0 bridgehead atoms. The van der Waals surface area contributed by atoms with E-state index in [2.05, 4.69) is 11.9 Å². The lowest BCUT2D eigenvalue weighted by atomic mass is 9.92. The molecule has 0 aromatic carbocycles. The third-order valence-corrected chi connectivity index (χ3v) is 3.26.